The summed E-state index contributed by atoms with van der Waals surface area (Å²) in [6.07, 6.45) is -1.47. The SMILES string of the molecule is [2H]C1([2H])CCOCC(OC)N1C(=O)OCc1ccccc1. The minimum Gasteiger partial charge on any atom is -0.444 e. The third kappa shape index (κ3) is 3.94. The van der Waals surface area contributed by atoms with Gasteiger partial charge in [-0.3, -0.25) is 4.90 Å². The van der Waals surface area contributed by atoms with E-state index in [1.54, 1.807) is 0 Å². The number of hydrogen-bond donors (Lipinski definition) is 0. The van der Waals surface area contributed by atoms with Gasteiger partial charge in [-0.1, -0.05) is 30.3 Å². The molecule has 0 N–H and O–H groups in total. The highest BCUT2D eigenvalue weighted by Crippen LogP contribution is 2.11. The number of hydrogen-bond acceptors (Lipinski definition) is 4. The van der Waals surface area contributed by atoms with Gasteiger partial charge in [-0.2, -0.15) is 0 Å². The van der Waals surface area contributed by atoms with Crippen molar-refractivity contribution in [3.05, 3.63) is 35.9 Å². The lowest BCUT2D eigenvalue weighted by atomic mass is 10.2. The molecular formula is C14H19NO4. The van der Waals surface area contributed by atoms with Crippen molar-refractivity contribution in [2.75, 3.05) is 26.8 Å². The Balaban J connectivity index is 2.06. The molecule has 19 heavy (non-hydrogen) atoms. The molecule has 5 heteroatoms. The zero-order valence-electron chi connectivity index (χ0n) is 12.9. The fourth-order valence-corrected chi connectivity index (χ4v) is 1.74. The summed E-state index contributed by atoms with van der Waals surface area (Å²) in [7, 11) is 1.41. The number of ether oxygens (including phenoxy) is 3. The second-order valence-electron chi connectivity index (χ2n) is 4.08. The van der Waals surface area contributed by atoms with E-state index in [-0.39, 0.29) is 26.2 Å². The third-order valence-electron chi connectivity index (χ3n) is 2.75. The molecule has 0 aliphatic carbocycles. The molecule has 1 aliphatic heterocycles. The van der Waals surface area contributed by atoms with Crippen molar-refractivity contribution in [3.63, 3.8) is 0 Å². The maximum atomic E-state index is 12.2. The lowest BCUT2D eigenvalue weighted by molar-refractivity contribution is -0.0580. The Kier molecular flexibility index (Phi) is 4.21. The molecule has 0 spiro atoms. The van der Waals surface area contributed by atoms with Crippen LogP contribution in [0.5, 0.6) is 0 Å². The molecule has 0 aromatic heterocycles. The summed E-state index contributed by atoms with van der Waals surface area (Å²) >= 11 is 0. The molecule has 1 aliphatic rings. The summed E-state index contributed by atoms with van der Waals surface area (Å²) in [5, 5.41) is 0. The maximum Gasteiger partial charge on any atom is 0.412 e. The average molecular weight is 267 g/mol. The highest BCUT2D eigenvalue weighted by atomic mass is 16.6. The smallest absolute Gasteiger partial charge is 0.412 e. The van der Waals surface area contributed by atoms with Crippen LogP contribution in [0.3, 0.4) is 0 Å². The molecule has 0 radical (unpaired) electrons. The molecule has 2 rings (SSSR count). The quantitative estimate of drug-likeness (QED) is 0.840. The number of carbonyl (C=O) groups excluding carboxylic acids is 1. The van der Waals surface area contributed by atoms with E-state index in [1.807, 2.05) is 30.3 Å². The third-order valence-corrected chi connectivity index (χ3v) is 2.75. The molecule has 104 valence electrons. The van der Waals surface area contributed by atoms with Crippen molar-refractivity contribution >= 4 is 6.09 Å². The molecule has 1 atom stereocenters. The first kappa shape index (κ1) is 11.3. The fraction of sp³-hybridized carbons (Fsp3) is 0.500. The molecule has 1 aromatic rings. The van der Waals surface area contributed by atoms with Gasteiger partial charge < -0.3 is 14.2 Å². The number of amides is 1. The highest BCUT2D eigenvalue weighted by molar-refractivity contribution is 5.67. The molecule has 1 saturated heterocycles. The predicted octanol–water partition coefficient (Wildman–Crippen LogP) is 2.02. The minimum atomic E-state index is -1.87. The van der Waals surface area contributed by atoms with Crippen molar-refractivity contribution in [2.45, 2.75) is 19.3 Å². The summed E-state index contributed by atoms with van der Waals surface area (Å²) in [6, 6.07) is 9.24. The standard InChI is InChI=1S/C14H19NO4/c1-17-13-11-18-9-5-8-15(13)14(16)19-10-12-6-3-2-4-7-12/h2-4,6-7,13H,5,8-11H2,1H3/i8D2. The van der Waals surface area contributed by atoms with Crippen LogP contribution in [0.2, 0.25) is 0 Å². The van der Waals surface area contributed by atoms with Crippen molar-refractivity contribution in [3.8, 4) is 0 Å². The van der Waals surface area contributed by atoms with Crippen molar-refractivity contribution < 1.29 is 21.7 Å². The zero-order chi connectivity index (χ0) is 15.3. The van der Waals surface area contributed by atoms with E-state index in [9.17, 15) is 4.79 Å². The molecule has 0 bridgehead atoms. The van der Waals surface area contributed by atoms with Crippen LogP contribution in [-0.2, 0) is 20.8 Å². The number of methoxy groups -OCH3 is 1. The normalized spacial score (nSPS) is 24.1. The van der Waals surface area contributed by atoms with Gasteiger partial charge in [0.1, 0.15) is 6.61 Å². The Hall–Kier alpha value is -1.59. The topological polar surface area (TPSA) is 48.0 Å². The van der Waals surface area contributed by atoms with Crippen molar-refractivity contribution in [1.29, 1.82) is 0 Å². The molecule has 1 fully saturated rings. The zero-order valence-corrected chi connectivity index (χ0v) is 10.9. The van der Waals surface area contributed by atoms with Gasteiger partial charge in [-0.25, -0.2) is 4.79 Å². The van der Waals surface area contributed by atoms with Gasteiger partial charge in [-0.15, -0.1) is 0 Å². The van der Waals surface area contributed by atoms with E-state index in [4.69, 9.17) is 17.0 Å². The second kappa shape index (κ2) is 7.11. The lowest BCUT2D eigenvalue weighted by Gasteiger charge is -2.27. The van der Waals surface area contributed by atoms with Crippen LogP contribution in [0, 0.1) is 0 Å². The summed E-state index contributed by atoms with van der Waals surface area (Å²) in [4.78, 5) is 13.2. The molecule has 1 aromatic carbocycles. The largest absolute Gasteiger partial charge is 0.444 e. The van der Waals surface area contributed by atoms with Gasteiger partial charge in [0, 0.05) is 23.0 Å². The molecular weight excluding hydrogens is 246 g/mol. The van der Waals surface area contributed by atoms with Crippen LogP contribution < -0.4 is 0 Å². The number of nitrogens with zero attached hydrogens (tertiary/aromatic N) is 1. The molecule has 1 heterocycles. The number of rotatable bonds is 3. The summed E-state index contributed by atoms with van der Waals surface area (Å²) in [6.45, 7) is -1.43. The monoisotopic (exact) mass is 267 g/mol. The molecule has 1 amide bonds. The van der Waals surface area contributed by atoms with E-state index in [0.717, 1.165) is 10.5 Å². The van der Waals surface area contributed by atoms with Gasteiger partial charge in [0.2, 0.25) is 0 Å². The van der Waals surface area contributed by atoms with E-state index in [1.165, 1.54) is 7.11 Å². The first-order chi connectivity index (χ1) is 10.0. The minimum absolute atomic E-state index is 0.0767. The Morgan fingerprint density at radius 3 is 3.05 bits per heavy atom. The van der Waals surface area contributed by atoms with Crippen molar-refractivity contribution in [1.82, 2.24) is 4.90 Å². The van der Waals surface area contributed by atoms with E-state index in [0.29, 0.717) is 0 Å². The van der Waals surface area contributed by atoms with Gasteiger partial charge in [0.05, 0.1) is 6.61 Å². The Morgan fingerprint density at radius 2 is 2.32 bits per heavy atom. The Morgan fingerprint density at radius 1 is 1.53 bits per heavy atom. The van der Waals surface area contributed by atoms with Crippen LogP contribution in [0.25, 0.3) is 0 Å². The van der Waals surface area contributed by atoms with Gasteiger partial charge >= 0.3 is 6.09 Å². The van der Waals surface area contributed by atoms with E-state index in [2.05, 4.69) is 0 Å². The van der Waals surface area contributed by atoms with Gasteiger partial charge in [0.15, 0.2) is 6.23 Å². The Labute approximate surface area is 115 Å². The highest BCUT2D eigenvalue weighted by Gasteiger charge is 2.26. The summed E-state index contributed by atoms with van der Waals surface area (Å²) in [5.41, 5.74) is 0.839. The van der Waals surface area contributed by atoms with Crippen LogP contribution >= 0.6 is 0 Å². The first-order valence-electron chi connectivity index (χ1n) is 7.15. The maximum absolute atomic E-state index is 12.2. The van der Waals surface area contributed by atoms with Gasteiger partial charge in [-0.05, 0) is 12.0 Å². The molecule has 0 saturated carbocycles. The van der Waals surface area contributed by atoms with Crippen molar-refractivity contribution in [2.24, 2.45) is 0 Å². The first-order valence-corrected chi connectivity index (χ1v) is 6.15. The van der Waals surface area contributed by atoms with Crippen LogP contribution in [-0.4, -0.2) is 44.0 Å². The second-order valence-corrected chi connectivity index (χ2v) is 4.08. The van der Waals surface area contributed by atoms with Gasteiger partial charge in [0.25, 0.3) is 0 Å². The summed E-state index contributed by atoms with van der Waals surface area (Å²) in [5.74, 6) is 0. The molecule has 5 nitrogen and oxygen atoms in total. The number of carbonyl (C=O) groups is 1. The van der Waals surface area contributed by atoms with Crippen LogP contribution in [0.1, 0.15) is 14.7 Å². The van der Waals surface area contributed by atoms with E-state index < -0.39 is 18.8 Å². The molecule has 1 unspecified atom stereocenters. The summed E-state index contributed by atoms with van der Waals surface area (Å²) < 4.78 is 31.6. The average Bonchev–Trinajstić information content (AvgIpc) is 2.63. The number of benzene rings is 1. The van der Waals surface area contributed by atoms with E-state index >= 15 is 0 Å². The Bertz CT molecular complexity index is 469. The van der Waals surface area contributed by atoms with Crippen LogP contribution in [0.4, 0.5) is 4.79 Å². The fourth-order valence-electron chi connectivity index (χ4n) is 1.74. The lowest BCUT2D eigenvalue weighted by Crippen LogP contribution is -2.43. The predicted molar refractivity (Wildman–Crippen MR) is 69.6 cm³/mol. The van der Waals surface area contributed by atoms with Crippen LogP contribution in [0.15, 0.2) is 30.3 Å².